The van der Waals surface area contributed by atoms with Crippen LogP contribution in [0.15, 0.2) is 0 Å². The van der Waals surface area contributed by atoms with Crippen molar-refractivity contribution in [3.8, 4) is 0 Å². The predicted molar refractivity (Wildman–Crippen MR) is 71.6 cm³/mol. The van der Waals surface area contributed by atoms with Crippen LogP contribution < -0.4 is 5.32 Å². The van der Waals surface area contributed by atoms with Gasteiger partial charge in [0.15, 0.2) is 0 Å². The number of carbonyl (C=O) groups is 1. The van der Waals surface area contributed by atoms with Gasteiger partial charge in [-0.1, -0.05) is 0 Å². The Labute approximate surface area is 110 Å². The molecule has 1 N–H and O–H groups in total. The Morgan fingerprint density at radius 1 is 1.28 bits per heavy atom. The molecule has 5 nitrogen and oxygen atoms in total. The minimum absolute atomic E-state index is 0.0435. The van der Waals surface area contributed by atoms with Crippen LogP contribution >= 0.6 is 0 Å². The lowest BCUT2D eigenvalue weighted by Gasteiger charge is -2.39. The molecule has 0 spiro atoms. The smallest absolute Gasteiger partial charge is 0.338 e. The van der Waals surface area contributed by atoms with Crippen molar-refractivity contribution in [1.29, 1.82) is 0 Å². The van der Waals surface area contributed by atoms with Gasteiger partial charge in [0.2, 0.25) is 5.91 Å². The molecule has 0 saturated carbocycles. The van der Waals surface area contributed by atoms with Crippen LogP contribution in [0.4, 0.5) is 0 Å². The quantitative estimate of drug-likeness (QED) is 0.605. The van der Waals surface area contributed by atoms with Crippen LogP contribution in [0.2, 0.25) is 12.1 Å². The maximum absolute atomic E-state index is 10.8. The van der Waals surface area contributed by atoms with E-state index < -0.39 is 8.56 Å². The number of amides is 1. The Morgan fingerprint density at radius 3 is 2.67 bits per heavy atom. The number of hydrogen-bond acceptors (Lipinski definition) is 4. The molecule has 3 aliphatic heterocycles. The lowest BCUT2D eigenvalue weighted by molar-refractivity contribution is -0.118. The molecule has 104 valence electrons. The van der Waals surface area contributed by atoms with Crippen LogP contribution in [0.5, 0.6) is 0 Å². The zero-order valence-corrected chi connectivity index (χ0v) is 12.2. The summed E-state index contributed by atoms with van der Waals surface area (Å²) < 4.78 is 12.2. The summed E-state index contributed by atoms with van der Waals surface area (Å²) in [7, 11) is -1.98. The summed E-state index contributed by atoms with van der Waals surface area (Å²) >= 11 is 0. The van der Waals surface area contributed by atoms with Gasteiger partial charge in [-0.05, 0) is 31.5 Å². The minimum Gasteiger partial charge on any atom is -0.393 e. The van der Waals surface area contributed by atoms with E-state index in [1.165, 1.54) is 13.0 Å². The highest BCUT2D eigenvalue weighted by Crippen LogP contribution is 2.26. The van der Waals surface area contributed by atoms with Crippen molar-refractivity contribution in [2.45, 2.75) is 31.9 Å². The molecule has 1 amide bonds. The van der Waals surface area contributed by atoms with E-state index in [0.29, 0.717) is 0 Å². The van der Waals surface area contributed by atoms with Gasteiger partial charge in [-0.15, -0.1) is 0 Å². The highest BCUT2D eigenvalue weighted by molar-refractivity contribution is 6.67. The SMILES string of the molecule is CC(=O)NCCC[Si]12CCCN(CCO1)CCO2. The van der Waals surface area contributed by atoms with Crippen molar-refractivity contribution in [3.63, 3.8) is 0 Å². The second-order valence-corrected chi connectivity index (χ2v) is 8.54. The van der Waals surface area contributed by atoms with Gasteiger partial charge >= 0.3 is 8.56 Å². The first-order chi connectivity index (χ1) is 8.70. The van der Waals surface area contributed by atoms with Crippen LogP contribution in [-0.4, -0.2) is 58.8 Å². The molecule has 0 unspecified atom stereocenters. The largest absolute Gasteiger partial charge is 0.393 e. The second-order valence-electron chi connectivity index (χ2n) is 5.14. The van der Waals surface area contributed by atoms with Gasteiger partial charge in [-0.3, -0.25) is 9.69 Å². The molecule has 0 aromatic heterocycles. The van der Waals surface area contributed by atoms with Crippen molar-refractivity contribution < 1.29 is 13.6 Å². The fourth-order valence-electron chi connectivity index (χ4n) is 2.71. The number of carbonyl (C=O) groups excluding carboxylic acids is 1. The third kappa shape index (κ3) is 4.05. The van der Waals surface area contributed by atoms with Crippen molar-refractivity contribution in [3.05, 3.63) is 0 Å². The number of rotatable bonds is 4. The zero-order valence-electron chi connectivity index (χ0n) is 11.2. The second kappa shape index (κ2) is 6.65. The Balaban J connectivity index is 1.83. The highest BCUT2D eigenvalue weighted by atomic mass is 28.4. The molecular weight excluding hydrogens is 248 g/mol. The molecule has 0 aromatic carbocycles. The van der Waals surface area contributed by atoms with Crippen molar-refractivity contribution in [2.75, 3.05) is 39.4 Å². The van der Waals surface area contributed by atoms with Crippen molar-refractivity contribution in [1.82, 2.24) is 10.2 Å². The van der Waals surface area contributed by atoms with Crippen LogP contribution in [0.25, 0.3) is 0 Å². The molecule has 3 heterocycles. The van der Waals surface area contributed by atoms with E-state index >= 15 is 0 Å². The first-order valence-electron chi connectivity index (χ1n) is 6.95. The van der Waals surface area contributed by atoms with Crippen LogP contribution in [0.1, 0.15) is 19.8 Å². The average molecular weight is 272 g/mol. The molecule has 0 radical (unpaired) electrons. The topological polar surface area (TPSA) is 50.8 Å². The molecule has 18 heavy (non-hydrogen) atoms. The third-order valence-corrected chi connectivity index (χ3v) is 7.38. The molecule has 6 heteroatoms. The van der Waals surface area contributed by atoms with Gasteiger partial charge in [0.25, 0.3) is 0 Å². The molecule has 0 aliphatic carbocycles. The van der Waals surface area contributed by atoms with E-state index in [1.807, 2.05) is 0 Å². The van der Waals surface area contributed by atoms with Crippen molar-refractivity contribution in [2.24, 2.45) is 0 Å². The lowest BCUT2D eigenvalue weighted by Crippen LogP contribution is -2.51. The normalized spacial score (nSPS) is 32.4. The molecule has 2 bridgehead atoms. The molecule has 3 aliphatic rings. The van der Waals surface area contributed by atoms with Crippen LogP contribution in [-0.2, 0) is 13.6 Å². The predicted octanol–water partition coefficient (Wildman–Crippen LogP) is 0.707. The average Bonchev–Trinajstić information content (AvgIpc) is 2.24. The van der Waals surface area contributed by atoms with E-state index in [2.05, 4.69) is 10.2 Å². The molecule has 0 atom stereocenters. The summed E-state index contributed by atoms with van der Waals surface area (Å²) in [6.07, 6.45) is 2.15. The van der Waals surface area contributed by atoms with Crippen LogP contribution in [0, 0.1) is 0 Å². The number of fused-ring (bicyclic) bond motifs is 6. The Hall–Kier alpha value is -0.433. The maximum Gasteiger partial charge on any atom is 0.338 e. The molecule has 3 saturated heterocycles. The van der Waals surface area contributed by atoms with Crippen LogP contribution in [0.3, 0.4) is 0 Å². The fourth-order valence-corrected chi connectivity index (χ4v) is 5.96. The van der Waals surface area contributed by atoms with Gasteiger partial charge in [0, 0.05) is 39.8 Å². The summed E-state index contributed by atoms with van der Waals surface area (Å²) in [6.45, 7) is 7.20. The first kappa shape index (κ1) is 14.0. The number of hydrogen-bond donors (Lipinski definition) is 1. The molecule has 0 aromatic rings. The Morgan fingerprint density at radius 2 is 2.00 bits per heavy atom. The third-order valence-electron chi connectivity index (χ3n) is 3.69. The van der Waals surface area contributed by atoms with E-state index in [0.717, 1.165) is 51.4 Å². The standard InChI is InChI=1S/C12H24N2O3Si/c1-12(15)13-4-2-10-18-11-3-5-14(6-8-16-18)7-9-17-18/h2-11H2,1H3,(H,13,15). The number of nitrogens with zero attached hydrogens (tertiary/aromatic N) is 1. The summed E-state index contributed by atoms with van der Waals surface area (Å²) in [6, 6.07) is 2.11. The van der Waals surface area contributed by atoms with E-state index in [4.69, 9.17) is 8.85 Å². The summed E-state index contributed by atoms with van der Waals surface area (Å²) in [5.41, 5.74) is 0. The molecule has 3 fully saturated rings. The monoisotopic (exact) mass is 272 g/mol. The van der Waals surface area contributed by atoms with Crippen molar-refractivity contribution >= 4 is 14.5 Å². The Bertz CT molecular complexity index is 262. The van der Waals surface area contributed by atoms with E-state index in [9.17, 15) is 4.79 Å². The van der Waals surface area contributed by atoms with Gasteiger partial charge in [0.05, 0.1) is 0 Å². The molecule has 3 rings (SSSR count). The summed E-state index contributed by atoms with van der Waals surface area (Å²) in [4.78, 5) is 13.3. The van der Waals surface area contributed by atoms with Gasteiger partial charge in [0.1, 0.15) is 0 Å². The summed E-state index contributed by atoms with van der Waals surface area (Å²) in [5, 5.41) is 2.85. The summed E-state index contributed by atoms with van der Waals surface area (Å²) in [5.74, 6) is 0.0435. The van der Waals surface area contributed by atoms with E-state index in [1.54, 1.807) is 6.92 Å². The van der Waals surface area contributed by atoms with Gasteiger partial charge in [-0.2, -0.15) is 0 Å². The number of nitrogens with one attached hydrogen (secondary N) is 1. The van der Waals surface area contributed by atoms with E-state index in [-0.39, 0.29) is 5.91 Å². The first-order valence-corrected chi connectivity index (χ1v) is 9.18. The fraction of sp³-hybridized carbons (Fsp3) is 0.917. The minimum atomic E-state index is -1.98. The van der Waals surface area contributed by atoms with Gasteiger partial charge in [-0.25, -0.2) is 0 Å². The Kier molecular flexibility index (Phi) is 5.17. The van der Waals surface area contributed by atoms with Gasteiger partial charge < -0.3 is 14.2 Å². The highest BCUT2D eigenvalue weighted by Gasteiger charge is 2.39. The zero-order chi connectivity index (χ0) is 12.8. The maximum atomic E-state index is 10.8. The lowest BCUT2D eigenvalue weighted by atomic mass is 10.4. The molecular formula is C12H24N2O3Si.